The van der Waals surface area contributed by atoms with Crippen molar-refractivity contribution in [1.82, 2.24) is 4.98 Å². The van der Waals surface area contributed by atoms with Crippen molar-refractivity contribution in [1.29, 1.82) is 5.26 Å². The fraction of sp³-hybridized carbons (Fsp3) is 0.455. The van der Waals surface area contributed by atoms with Crippen molar-refractivity contribution in [3.8, 4) is 6.07 Å². The summed E-state index contributed by atoms with van der Waals surface area (Å²) in [6.45, 7) is 6.06. The predicted octanol–water partition coefficient (Wildman–Crippen LogP) is 6.55. The fourth-order valence-corrected chi connectivity index (χ4v) is 4.75. The molecular formula is C22H22F4N2S. The first kappa shape index (κ1) is 21.6. The number of nitrogens with zero attached hydrogens (tertiary/aromatic N) is 2. The normalized spacial score (nSPS) is 17.0. The Labute approximate surface area is 172 Å². The van der Waals surface area contributed by atoms with E-state index >= 15 is 0 Å². The molecule has 2 aromatic rings. The van der Waals surface area contributed by atoms with Crippen LogP contribution in [0.2, 0.25) is 0 Å². The Morgan fingerprint density at radius 2 is 1.90 bits per heavy atom. The van der Waals surface area contributed by atoms with E-state index in [1.165, 1.54) is 6.07 Å². The molecule has 0 bridgehead atoms. The summed E-state index contributed by atoms with van der Waals surface area (Å²) in [5.74, 6) is -0.239. The van der Waals surface area contributed by atoms with Crippen molar-refractivity contribution < 1.29 is 17.6 Å². The number of aromatic nitrogens is 1. The minimum Gasteiger partial charge on any atom is -0.245 e. The average Bonchev–Trinajstić information content (AvgIpc) is 2.64. The molecule has 1 heterocycles. The van der Waals surface area contributed by atoms with Crippen LogP contribution in [0, 0.1) is 28.5 Å². The van der Waals surface area contributed by atoms with Gasteiger partial charge in [0, 0.05) is 11.4 Å². The van der Waals surface area contributed by atoms with Crippen LogP contribution in [-0.4, -0.2) is 4.98 Å². The number of pyridine rings is 1. The van der Waals surface area contributed by atoms with E-state index in [1.54, 1.807) is 24.3 Å². The third-order valence-corrected chi connectivity index (χ3v) is 6.50. The number of halogens is 4. The third-order valence-electron chi connectivity index (χ3n) is 5.47. The van der Waals surface area contributed by atoms with Gasteiger partial charge in [-0.2, -0.15) is 18.4 Å². The van der Waals surface area contributed by atoms with Gasteiger partial charge in [-0.1, -0.05) is 39.0 Å². The minimum atomic E-state index is -4.65. The highest BCUT2D eigenvalue weighted by Gasteiger charge is 2.42. The van der Waals surface area contributed by atoms with Crippen molar-refractivity contribution in [2.45, 2.75) is 57.0 Å². The summed E-state index contributed by atoms with van der Waals surface area (Å²) in [6.07, 6.45) is -3.19. The van der Waals surface area contributed by atoms with Crippen molar-refractivity contribution in [2.75, 3.05) is 0 Å². The Bertz CT molecular complexity index is 955. The predicted molar refractivity (Wildman–Crippen MR) is 105 cm³/mol. The van der Waals surface area contributed by atoms with Crippen LogP contribution in [0.3, 0.4) is 0 Å². The maximum absolute atomic E-state index is 14.0. The van der Waals surface area contributed by atoms with Gasteiger partial charge in [-0.05, 0) is 47.8 Å². The van der Waals surface area contributed by atoms with E-state index in [0.29, 0.717) is 17.7 Å². The van der Waals surface area contributed by atoms with Gasteiger partial charge < -0.3 is 0 Å². The Hall–Kier alpha value is -2.07. The zero-order chi connectivity index (χ0) is 21.4. The maximum Gasteiger partial charge on any atom is 0.418 e. The van der Waals surface area contributed by atoms with Crippen LogP contribution in [0.1, 0.15) is 55.1 Å². The quantitative estimate of drug-likeness (QED) is 0.415. The van der Waals surface area contributed by atoms with Crippen molar-refractivity contribution in [3.63, 3.8) is 0 Å². The van der Waals surface area contributed by atoms with Gasteiger partial charge in [0.2, 0.25) is 0 Å². The Morgan fingerprint density at radius 1 is 1.21 bits per heavy atom. The topological polar surface area (TPSA) is 36.7 Å². The SMILES string of the molecule is CC(C)(C)[C@H]1CCc2nc(SCc3ccccc3F)c(C#N)c(C(F)(F)F)c2C1. The molecule has 3 rings (SSSR count). The van der Waals surface area contributed by atoms with Crippen LogP contribution in [-0.2, 0) is 24.8 Å². The Kier molecular flexibility index (Phi) is 5.96. The molecule has 0 saturated heterocycles. The van der Waals surface area contributed by atoms with Crippen LogP contribution in [0.4, 0.5) is 17.6 Å². The molecule has 1 aromatic heterocycles. The lowest BCUT2D eigenvalue weighted by molar-refractivity contribution is -0.139. The summed E-state index contributed by atoms with van der Waals surface area (Å²) in [5.41, 5.74) is -0.529. The van der Waals surface area contributed by atoms with Gasteiger partial charge in [-0.25, -0.2) is 9.37 Å². The number of hydrogen-bond acceptors (Lipinski definition) is 3. The zero-order valence-electron chi connectivity index (χ0n) is 16.5. The van der Waals surface area contributed by atoms with Crippen molar-refractivity contribution in [3.05, 3.63) is 58.0 Å². The number of thioether (sulfide) groups is 1. The molecule has 0 saturated carbocycles. The standard InChI is InChI=1S/C22H22F4N2S/c1-21(2,3)14-8-9-18-15(10-14)19(22(24,25)26)16(11-27)20(28-18)29-12-13-6-4-5-7-17(13)23/h4-7,14H,8-10,12H2,1-3H3/t14-/m0/s1. The van der Waals surface area contributed by atoms with Gasteiger partial charge in [0.05, 0.1) is 11.1 Å². The van der Waals surface area contributed by atoms with Crippen LogP contribution in [0.25, 0.3) is 0 Å². The minimum absolute atomic E-state index is 0.0241. The van der Waals surface area contributed by atoms with Gasteiger partial charge in [0.1, 0.15) is 16.9 Å². The molecule has 2 nitrogen and oxygen atoms in total. The van der Waals surface area contributed by atoms with E-state index in [1.807, 2.05) is 20.8 Å². The van der Waals surface area contributed by atoms with E-state index in [2.05, 4.69) is 4.98 Å². The van der Waals surface area contributed by atoms with E-state index < -0.39 is 23.1 Å². The van der Waals surface area contributed by atoms with Crippen LogP contribution >= 0.6 is 11.8 Å². The fourth-order valence-electron chi connectivity index (χ4n) is 3.76. The highest BCUT2D eigenvalue weighted by atomic mass is 32.2. The highest BCUT2D eigenvalue weighted by Crippen LogP contribution is 2.45. The second kappa shape index (κ2) is 7.98. The van der Waals surface area contributed by atoms with Gasteiger partial charge in [-0.15, -0.1) is 11.8 Å². The van der Waals surface area contributed by atoms with Crippen LogP contribution < -0.4 is 0 Å². The molecule has 7 heteroatoms. The maximum atomic E-state index is 14.0. The molecule has 0 aliphatic heterocycles. The number of alkyl halides is 3. The lowest BCUT2D eigenvalue weighted by atomic mass is 9.70. The lowest BCUT2D eigenvalue weighted by Crippen LogP contribution is -2.30. The molecule has 0 unspecified atom stereocenters. The zero-order valence-corrected chi connectivity index (χ0v) is 17.3. The summed E-state index contributed by atoms with van der Waals surface area (Å²) in [5, 5.41) is 9.59. The van der Waals surface area contributed by atoms with E-state index in [-0.39, 0.29) is 34.1 Å². The second-order valence-electron chi connectivity index (χ2n) is 8.39. The molecule has 1 aromatic carbocycles. The second-order valence-corrected chi connectivity index (χ2v) is 9.35. The van der Waals surface area contributed by atoms with Gasteiger partial charge in [-0.3, -0.25) is 0 Å². The monoisotopic (exact) mass is 422 g/mol. The first-order valence-electron chi connectivity index (χ1n) is 9.41. The number of nitriles is 1. The average molecular weight is 422 g/mol. The summed E-state index contributed by atoms with van der Waals surface area (Å²) in [4.78, 5) is 4.44. The molecule has 1 atom stereocenters. The van der Waals surface area contributed by atoms with Crippen molar-refractivity contribution >= 4 is 11.8 Å². The summed E-state index contributed by atoms with van der Waals surface area (Å²) >= 11 is 0.975. The number of rotatable bonds is 3. The Morgan fingerprint density at radius 3 is 2.48 bits per heavy atom. The first-order valence-corrected chi connectivity index (χ1v) is 10.4. The molecular weight excluding hydrogens is 400 g/mol. The summed E-state index contributed by atoms with van der Waals surface area (Å²) < 4.78 is 55.9. The molecule has 1 aliphatic rings. The molecule has 0 spiro atoms. The lowest BCUT2D eigenvalue weighted by Gasteiger charge is -2.36. The van der Waals surface area contributed by atoms with Gasteiger partial charge >= 0.3 is 6.18 Å². The van der Waals surface area contributed by atoms with Gasteiger partial charge in [0.25, 0.3) is 0 Å². The molecule has 29 heavy (non-hydrogen) atoms. The number of fused-ring (bicyclic) bond motifs is 1. The Balaban J connectivity index is 2.06. The number of benzene rings is 1. The number of hydrogen-bond donors (Lipinski definition) is 0. The largest absolute Gasteiger partial charge is 0.418 e. The molecule has 0 amide bonds. The van der Waals surface area contributed by atoms with Crippen LogP contribution in [0.15, 0.2) is 29.3 Å². The van der Waals surface area contributed by atoms with Crippen LogP contribution in [0.5, 0.6) is 0 Å². The molecule has 0 fully saturated rings. The van der Waals surface area contributed by atoms with Gasteiger partial charge in [0.15, 0.2) is 0 Å². The molecule has 154 valence electrons. The summed E-state index contributed by atoms with van der Waals surface area (Å²) in [6, 6.07) is 7.82. The van der Waals surface area contributed by atoms with Crippen molar-refractivity contribution in [2.24, 2.45) is 11.3 Å². The molecule has 1 aliphatic carbocycles. The smallest absolute Gasteiger partial charge is 0.245 e. The first-order chi connectivity index (χ1) is 13.5. The molecule has 0 radical (unpaired) electrons. The van der Waals surface area contributed by atoms with E-state index in [4.69, 9.17) is 0 Å². The molecule has 0 N–H and O–H groups in total. The summed E-state index contributed by atoms with van der Waals surface area (Å²) in [7, 11) is 0. The van der Waals surface area contributed by atoms with E-state index in [0.717, 1.165) is 18.2 Å². The highest BCUT2D eigenvalue weighted by molar-refractivity contribution is 7.98. The van der Waals surface area contributed by atoms with E-state index in [9.17, 15) is 22.8 Å². The third kappa shape index (κ3) is 4.58. The number of aryl methyl sites for hydroxylation is 1.